The normalized spacial score (nSPS) is 16.3. The van der Waals surface area contributed by atoms with Crippen molar-refractivity contribution in [2.75, 3.05) is 50.0 Å². The lowest BCUT2D eigenvalue weighted by molar-refractivity contribution is -0.0498. The number of carbonyl (C=O) groups excluding carboxylic acids is 2. The molecule has 0 radical (unpaired) electrons. The van der Waals surface area contributed by atoms with E-state index in [2.05, 4.69) is 42.3 Å². The number of benzene rings is 4. The zero-order valence-electron chi connectivity index (χ0n) is 32.9. The number of amides is 2. The first-order chi connectivity index (χ1) is 29.1. The van der Waals surface area contributed by atoms with E-state index in [1.54, 1.807) is 60.4 Å². The number of ether oxygens (including phenoxy) is 3. The van der Waals surface area contributed by atoms with Crippen LogP contribution in [0.5, 0.6) is 5.75 Å². The van der Waals surface area contributed by atoms with E-state index in [0.29, 0.717) is 52.7 Å². The molecule has 2 aliphatic heterocycles. The standard InChI is InChI=1S/C22H22F2N4O3.C22H21N5O2/c1-14-19(13-28(27-14)17-6-8-18(9-7-17)31-22(23)24)21(29)26-16-4-2-15(3-5-16)20-12-25-10-11-30-20;1-15-20(13-25-27(15)19-8-2-16(12-23)3-9-19)22(28)26-18-6-4-17(5-7-18)21-14-24-10-11-29-21/h2-9,13,20,22,25H,10-12H2,1H3,(H,26,29);2-9,13,21,24H,10-11,14H2,1H3,(H,26,28)/t20-;21-/m11/s1. The number of carbonyl (C=O) groups is 2. The van der Waals surface area contributed by atoms with Gasteiger partial charge in [0.1, 0.15) is 5.75 Å². The van der Waals surface area contributed by atoms with Gasteiger partial charge in [-0.25, -0.2) is 9.36 Å². The molecule has 2 aliphatic rings. The highest BCUT2D eigenvalue weighted by Crippen LogP contribution is 2.24. The lowest BCUT2D eigenvalue weighted by atomic mass is 10.1. The molecule has 4 heterocycles. The third-order valence-corrected chi connectivity index (χ3v) is 9.90. The summed E-state index contributed by atoms with van der Waals surface area (Å²) in [5, 5.41) is 30.0. The van der Waals surface area contributed by atoms with Gasteiger partial charge in [-0.3, -0.25) is 9.59 Å². The van der Waals surface area contributed by atoms with Gasteiger partial charge >= 0.3 is 6.61 Å². The van der Waals surface area contributed by atoms with E-state index >= 15 is 0 Å². The molecule has 4 aromatic carbocycles. The summed E-state index contributed by atoms with van der Waals surface area (Å²) < 4.78 is 43.6. The first-order valence-corrected chi connectivity index (χ1v) is 19.3. The van der Waals surface area contributed by atoms with Crippen LogP contribution < -0.4 is 26.0 Å². The van der Waals surface area contributed by atoms with Gasteiger partial charge in [-0.1, -0.05) is 24.3 Å². The van der Waals surface area contributed by atoms with Crippen molar-refractivity contribution in [2.24, 2.45) is 0 Å². The molecule has 4 N–H and O–H groups in total. The van der Waals surface area contributed by atoms with Gasteiger partial charge in [0.15, 0.2) is 0 Å². The third kappa shape index (κ3) is 10.3. The molecule has 2 saturated heterocycles. The van der Waals surface area contributed by atoms with E-state index in [0.717, 1.165) is 48.7 Å². The van der Waals surface area contributed by atoms with Crippen LogP contribution in [0, 0.1) is 25.2 Å². The molecule has 2 amide bonds. The van der Waals surface area contributed by atoms with E-state index in [9.17, 15) is 18.4 Å². The molecule has 8 rings (SSSR count). The zero-order valence-corrected chi connectivity index (χ0v) is 32.9. The van der Waals surface area contributed by atoms with E-state index < -0.39 is 6.61 Å². The van der Waals surface area contributed by atoms with Gasteiger partial charge in [0.25, 0.3) is 11.8 Å². The number of morpholine rings is 2. The van der Waals surface area contributed by atoms with Gasteiger partial charge in [0.05, 0.1) is 77.1 Å². The van der Waals surface area contributed by atoms with Crippen LogP contribution in [-0.4, -0.2) is 77.4 Å². The first-order valence-electron chi connectivity index (χ1n) is 19.3. The fourth-order valence-corrected chi connectivity index (χ4v) is 6.68. The zero-order chi connectivity index (χ0) is 42.0. The number of aromatic nitrogens is 4. The Hall–Kier alpha value is -6.77. The average molecular weight is 816 g/mol. The first kappa shape index (κ1) is 41.4. The summed E-state index contributed by atoms with van der Waals surface area (Å²) >= 11 is 0. The number of hydrogen-bond acceptors (Lipinski definition) is 10. The van der Waals surface area contributed by atoms with Gasteiger partial charge in [0, 0.05) is 43.8 Å². The number of nitrogens with zero attached hydrogens (tertiary/aromatic N) is 5. The Labute approximate surface area is 345 Å². The van der Waals surface area contributed by atoms with Crippen LogP contribution in [0.4, 0.5) is 20.2 Å². The molecule has 16 heteroatoms. The molecule has 2 fully saturated rings. The minimum atomic E-state index is -2.88. The van der Waals surface area contributed by atoms with Gasteiger partial charge in [-0.05, 0) is 97.8 Å². The van der Waals surface area contributed by atoms with Gasteiger partial charge in [0.2, 0.25) is 0 Å². The monoisotopic (exact) mass is 815 g/mol. The second kappa shape index (κ2) is 19.3. The lowest BCUT2D eigenvalue weighted by Gasteiger charge is -2.24. The molecule has 14 nitrogen and oxygen atoms in total. The molecular weight excluding hydrogens is 773 g/mol. The Kier molecular flexibility index (Phi) is 13.3. The molecule has 0 spiro atoms. The van der Waals surface area contributed by atoms with Crippen molar-refractivity contribution in [2.45, 2.75) is 32.7 Å². The molecule has 6 aromatic rings. The number of nitrogens with one attached hydrogen (secondary N) is 4. The number of halogens is 2. The Morgan fingerprint density at radius 2 is 1.32 bits per heavy atom. The van der Waals surface area contributed by atoms with Crippen molar-refractivity contribution in [3.63, 3.8) is 0 Å². The van der Waals surface area contributed by atoms with E-state index in [4.69, 9.17) is 14.7 Å². The molecule has 0 bridgehead atoms. The highest BCUT2D eigenvalue weighted by Gasteiger charge is 2.20. The van der Waals surface area contributed by atoms with Crippen molar-refractivity contribution >= 4 is 23.2 Å². The maximum absolute atomic E-state index is 12.7. The summed E-state index contributed by atoms with van der Waals surface area (Å²) in [6.07, 6.45) is 3.21. The number of rotatable bonds is 10. The van der Waals surface area contributed by atoms with Crippen molar-refractivity contribution in [1.82, 2.24) is 30.2 Å². The van der Waals surface area contributed by atoms with Crippen LogP contribution >= 0.6 is 0 Å². The number of aryl methyl sites for hydroxylation is 1. The quantitative estimate of drug-likeness (QED) is 0.117. The molecule has 0 unspecified atom stereocenters. The summed E-state index contributed by atoms with van der Waals surface area (Å²) in [7, 11) is 0. The number of anilines is 2. The van der Waals surface area contributed by atoms with Gasteiger partial charge in [-0.2, -0.15) is 24.2 Å². The highest BCUT2D eigenvalue weighted by molar-refractivity contribution is 6.05. The van der Waals surface area contributed by atoms with Crippen molar-refractivity contribution in [1.29, 1.82) is 5.26 Å². The predicted molar refractivity (Wildman–Crippen MR) is 220 cm³/mol. The Morgan fingerprint density at radius 1 is 0.783 bits per heavy atom. The Balaban J connectivity index is 0.000000182. The number of hydrogen-bond donors (Lipinski definition) is 4. The molecule has 2 aromatic heterocycles. The van der Waals surface area contributed by atoms with Crippen LogP contribution in [0.2, 0.25) is 0 Å². The fourth-order valence-electron chi connectivity index (χ4n) is 6.68. The number of nitriles is 1. The fraction of sp³-hybridized carbons (Fsp3) is 0.250. The smallest absolute Gasteiger partial charge is 0.387 e. The van der Waals surface area contributed by atoms with Crippen LogP contribution in [0.25, 0.3) is 11.4 Å². The van der Waals surface area contributed by atoms with Crippen molar-refractivity contribution < 1.29 is 32.6 Å². The maximum Gasteiger partial charge on any atom is 0.387 e. The van der Waals surface area contributed by atoms with Crippen LogP contribution in [0.3, 0.4) is 0 Å². The summed E-state index contributed by atoms with van der Waals surface area (Å²) in [5.41, 5.74) is 7.69. The second-order valence-corrected chi connectivity index (χ2v) is 13.9. The Bertz CT molecular complexity index is 2420. The Morgan fingerprint density at radius 3 is 1.82 bits per heavy atom. The van der Waals surface area contributed by atoms with Gasteiger partial charge in [-0.15, -0.1) is 0 Å². The van der Waals surface area contributed by atoms with E-state index in [1.165, 1.54) is 16.8 Å². The van der Waals surface area contributed by atoms with Crippen molar-refractivity contribution in [3.05, 3.63) is 149 Å². The van der Waals surface area contributed by atoms with Crippen LogP contribution in [0.1, 0.15) is 61.0 Å². The van der Waals surface area contributed by atoms with Crippen molar-refractivity contribution in [3.8, 4) is 23.2 Å². The van der Waals surface area contributed by atoms with Crippen LogP contribution in [0.15, 0.2) is 109 Å². The third-order valence-electron chi connectivity index (χ3n) is 9.90. The topological polar surface area (TPSA) is 169 Å². The molecular formula is C44H43F2N9O5. The highest BCUT2D eigenvalue weighted by atomic mass is 19.3. The molecule has 0 saturated carbocycles. The average Bonchev–Trinajstić information content (AvgIpc) is 3.87. The summed E-state index contributed by atoms with van der Waals surface area (Å²) in [6, 6.07) is 30.4. The maximum atomic E-state index is 12.7. The SMILES string of the molecule is Cc1c(C(=O)Nc2ccc([C@H]3CNCCO3)cc2)cnn1-c1ccc(C#N)cc1.Cc1nn(-c2ccc(OC(F)F)cc2)cc1C(=O)Nc1ccc([C@H]2CNCCO2)cc1. The molecule has 0 aliphatic carbocycles. The largest absolute Gasteiger partial charge is 0.435 e. The van der Waals surface area contributed by atoms with Gasteiger partial charge < -0.3 is 35.5 Å². The van der Waals surface area contributed by atoms with E-state index in [-0.39, 0.29) is 29.8 Å². The molecule has 60 heavy (non-hydrogen) atoms. The van der Waals surface area contributed by atoms with Crippen LogP contribution in [-0.2, 0) is 9.47 Å². The summed E-state index contributed by atoms with van der Waals surface area (Å²) in [5.74, 6) is -0.450. The second-order valence-electron chi connectivity index (χ2n) is 13.9. The summed E-state index contributed by atoms with van der Waals surface area (Å²) in [4.78, 5) is 25.5. The molecule has 2 atom stereocenters. The minimum absolute atomic E-state index is 0.0106. The molecule has 308 valence electrons. The minimum Gasteiger partial charge on any atom is -0.435 e. The number of alkyl halides is 2. The lowest BCUT2D eigenvalue weighted by Crippen LogP contribution is -2.33. The van der Waals surface area contributed by atoms with E-state index in [1.807, 2.05) is 55.5 Å². The summed E-state index contributed by atoms with van der Waals surface area (Å²) in [6.45, 7) is 5.35. The predicted octanol–water partition coefficient (Wildman–Crippen LogP) is 6.66.